The van der Waals surface area contributed by atoms with Gasteiger partial charge in [0, 0.05) is 17.2 Å². The Morgan fingerprint density at radius 2 is 1.80 bits per heavy atom. The maximum Gasteiger partial charge on any atom is 0.335 e. The number of rotatable bonds is 8. The molecule has 1 aromatic heterocycles. The van der Waals surface area contributed by atoms with Crippen molar-refractivity contribution in [3.8, 4) is 17.0 Å². The highest BCUT2D eigenvalue weighted by molar-refractivity contribution is 6.39. The van der Waals surface area contributed by atoms with Gasteiger partial charge in [-0.25, -0.2) is 4.79 Å². The van der Waals surface area contributed by atoms with E-state index in [0.29, 0.717) is 39.5 Å². The Hall–Kier alpha value is -3.81. The topological polar surface area (TPSA) is 92.9 Å². The van der Waals surface area contributed by atoms with E-state index in [2.05, 4.69) is 5.16 Å². The average molecular weight is 575 g/mol. The second kappa shape index (κ2) is 9.39. The van der Waals surface area contributed by atoms with Crippen LogP contribution in [0.4, 0.5) is 5.69 Å². The minimum Gasteiger partial charge on any atom is -0.489 e. The van der Waals surface area contributed by atoms with Crippen LogP contribution < -0.4 is 9.64 Å². The number of carboxylic acids is 1. The van der Waals surface area contributed by atoms with E-state index < -0.39 is 11.4 Å². The summed E-state index contributed by atoms with van der Waals surface area (Å²) in [5.41, 5.74) is 4.46. The van der Waals surface area contributed by atoms with Gasteiger partial charge in [-0.05, 0) is 79.3 Å². The normalized spacial score (nSPS) is 16.9. The summed E-state index contributed by atoms with van der Waals surface area (Å²) in [4.78, 5) is 26.5. The van der Waals surface area contributed by atoms with Crippen LogP contribution in [0.25, 0.3) is 11.3 Å². The van der Waals surface area contributed by atoms with Crippen molar-refractivity contribution in [1.82, 2.24) is 5.16 Å². The Balaban J connectivity index is 1.17. The number of carbonyl (C=O) groups excluding carboxylic acids is 1. The Morgan fingerprint density at radius 1 is 1.07 bits per heavy atom. The largest absolute Gasteiger partial charge is 0.489 e. The van der Waals surface area contributed by atoms with Crippen LogP contribution in [-0.2, 0) is 23.4 Å². The molecule has 7 nitrogen and oxygen atoms in total. The van der Waals surface area contributed by atoms with Crippen molar-refractivity contribution in [1.29, 1.82) is 0 Å². The molecule has 9 heteroatoms. The van der Waals surface area contributed by atoms with Crippen molar-refractivity contribution in [2.75, 3.05) is 4.90 Å². The lowest BCUT2D eigenvalue weighted by atomic mass is 9.98. The molecule has 1 spiro atoms. The summed E-state index contributed by atoms with van der Waals surface area (Å²) in [6.07, 6.45) is 3.67. The fourth-order valence-electron chi connectivity index (χ4n) is 5.61. The highest BCUT2D eigenvalue weighted by atomic mass is 35.5. The zero-order chi connectivity index (χ0) is 27.6. The van der Waals surface area contributed by atoms with Gasteiger partial charge >= 0.3 is 5.97 Å². The van der Waals surface area contributed by atoms with E-state index in [1.165, 1.54) is 0 Å². The summed E-state index contributed by atoms with van der Waals surface area (Å²) in [6, 6.07) is 17.8. The number of ether oxygens (including phenoxy) is 1. The first kappa shape index (κ1) is 25.2. The van der Waals surface area contributed by atoms with E-state index in [0.717, 1.165) is 53.8 Å². The molecule has 3 aromatic carbocycles. The summed E-state index contributed by atoms with van der Waals surface area (Å²) in [7, 11) is 0. The number of benzene rings is 3. The fourth-order valence-corrected chi connectivity index (χ4v) is 6.19. The summed E-state index contributed by atoms with van der Waals surface area (Å²) in [6.45, 7) is 0.604. The zero-order valence-corrected chi connectivity index (χ0v) is 22.8. The van der Waals surface area contributed by atoms with Gasteiger partial charge in [-0.1, -0.05) is 46.6 Å². The van der Waals surface area contributed by atoms with E-state index in [4.69, 9.17) is 32.5 Å². The molecule has 40 heavy (non-hydrogen) atoms. The van der Waals surface area contributed by atoms with Crippen LogP contribution in [0.1, 0.15) is 64.4 Å². The Bertz CT molecular complexity index is 1650. The molecule has 0 atom stereocenters. The number of aromatic nitrogens is 1. The molecule has 3 aliphatic rings. The third-order valence-electron chi connectivity index (χ3n) is 8.07. The highest BCUT2D eigenvalue weighted by Crippen LogP contribution is 2.58. The minimum absolute atomic E-state index is 0.0765. The molecule has 0 saturated heterocycles. The lowest BCUT2D eigenvalue weighted by Crippen LogP contribution is -2.31. The molecular weight excluding hydrogens is 551 g/mol. The third-order valence-corrected chi connectivity index (χ3v) is 8.70. The molecule has 2 aliphatic carbocycles. The van der Waals surface area contributed by atoms with Crippen LogP contribution in [0.3, 0.4) is 0 Å². The number of nitrogens with zero attached hydrogens (tertiary/aromatic N) is 2. The molecule has 1 amide bonds. The molecular formula is C31H24Cl2N2O5. The van der Waals surface area contributed by atoms with Crippen molar-refractivity contribution in [3.05, 3.63) is 98.7 Å². The van der Waals surface area contributed by atoms with Crippen LogP contribution in [0, 0.1) is 0 Å². The SMILES string of the molecule is O=C(O)c1ccc(CN2C(=O)C3(CC3)c3cc(OCc4c(-c5c(Cl)cccc5Cl)noc4C4CC4)ccc32)cc1. The summed E-state index contributed by atoms with van der Waals surface area (Å²) in [5, 5.41) is 14.5. The lowest BCUT2D eigenvalue weighted by molar-refractivity contribution is -0.120. The summed E-state index contributed by atoms with van der Waals surface area (Å²) < 4.78 is 12.1. The second-order valence-corrected chi connectivity index (χ2v) is 11.5. The Morgan fingerprint density at radius 3 is 2.45 bits per heavy atom. The first-order valence-corrected chi connectivity index (χ1v) is 14.0. The van der Waals surface area contributed by atoms with Gasteiger partial charge in [0.15, 0.2) is 0 Å². The van der Waals surface area contributed by atoms with Crippen molar-refractivity contribution in [2.45, 2.75) is 50.2 Å². The smallest absolute Gasteiger partial charge is 0.335 e. The fraction of sp³-hybridized carbons (Fsp3) is 0.258. The van der Waals surface area contributed by atoms with Gasteiger partial charge in [0.2, 0.25) is 5.91 Å². The maximum atomic E-state index is 13.5. The Labute approximate surface area is 240 Å². The van der Waals surface area contributed by atoms with E-state index in [1.54, 1.807) is 47.4 Å². The molecule has 1 aliphatic heterocycles. The standard InChI is InChI=1S/C31H24Cl2N2O5/c32-23-2-1-3-24(33)26(23)27-21(28(40-34-27)18-8-9-18)16-39-20-10-11-25-22(14-20)31(12-13-31)30(38)35(25)15-17-4-6-19(7-5-17)29(36)37/h1-7,10-11,14,18H,8-9,12-13,15-16H2,(H,36,37). The maximum absolute atomic E-state index is 13.5. The first-order chi connectivity index (χ1) is 19.4. The monoisotopic (exact) mass is 574 g/mol. The predicted molar refractivity (Wildman–Crippen MR) is 150 cm³/mol. The molecule has 4 aromatic rings. The number of carboxylic acid groups (broad SMARTS) is 1. The number of anilines is 1. The third kappa shape index (κ3) is 4.16. The van der Waals surface area contributed by atoms with Gasteiger partial charge in [0.25, 0.3) is 0 Å². The lowest BCUT2D eigenvalue weighted by Gasteiger charge is -2.18. The summed E-state index contributed by atoms with van der Waals surface area (Å²) >= 11 is 13.0. The average Bonchev–Trinajstić information content (AvgIpc) is 3.88. The van der Waals surface area contributed by atoms with Crippen LogP contribution >= 0.6 is 23.2 Å². The molecule has 2 saturated carbocycles. The number of amides is 1. The van der Waals surface area contributed by atoms with Crippen LogP contribution in [0.15, 0.2) is 65.2 Å². The van der Waals surface area contributed by atoms with E-state index in [-0.39, 0.29) is 18.1 Å². The molecule has 202 valence electrons. The molecule has 0 radical (unpaired) electrons. The molecule has 7 rings (SSSR count). The summed E-state index contributed by atoms with van der Waals surface area (Å²) in [5.74, 6) is 0.876. The molecule has 2 heterocycles. The van der Waals surface area contributed by atoms with Crippen LogP contribution in [-0.4, -0.2) is 22.1 Å². The van der Waals surface area contributed by atoms with Crippen LogP contribution in [0.2, 0.25) is 10.0 Å². The highest BCUT2D eigenvalue weighted by Gasteiger charge is 2.59. The van der Waals surface area contributed by atoms with Gasteiger partial charge < -0.3 is 19.3 Å². The molecule has 0 unspecified atom stereocenters. The minimum atomic E-state index is -0.976. The van der Waals surface area contributed by atoms with E-state index in [1.807, 2.05) is 18.2 Å². The van der Waals surface area contributed by atoms with Gasteiger partial charge in [0.05, 0.1) is 33.1 Å². The van der Waals surface area contributed by atoms with E-state index >= 15 is 0 Å². The van der Waals surface area contributed by atoms with Crippen molar-refractivity contribution >= 4 is 40.8 Å². The quantitative estimate of drug-likeness (QED) is 0.236. The number of hydrogen-bond donors (Lipinski definition) is 1. The molecule has 1 N–H and O–H groups in total. The van der Waals surface area contributed by atoms with E-state index in [9.17, 15) is 14.7 Å². The Kier molecular flexibility index (Phi) is 5.91. The van der Waals surface area contributed by atoms with Crippen molar-refractivity contribution in [2.24, 2.45) is 0 Å². The zero-order valence-electron chi connectivity index (χ0n) is 21.3. The molecule has 2 fully saturated rings. The number of carbonyl (C=O) groups is 2. The first-order valence-electron chi connectivity index (χ1n) is 13.2. The predicted octanol–water partition coefficient (Wildman–Crippen LogP) is 7.38. The van der Waals surface area contributed by atoms with Gasteiger partial charge in [-0.2, -0.15) is 0 Å². The van der Waals surface area contributed by atoms with Crippen molar-refractivity contribution < 1.29 is 24.0 Å². The molecule has 0 bridgehead atoms. The van der Waals surface area contributed by atoms with Crippen LogP contribution in [0.5, 0.6) is 5.75 Å². The van der Waals surface area contributed by atoms with Crippen molar-refractivity contribution in [3.63, 3.8) is 0 Å². The number of aromatic carboxylic acids is 1. The number of fused-ring (bicyclic) bond motifs is 2. The number of hydrogen-bond acceptors (Lipinski definition) is 5. The van der Waals surface area contributed by atoms with Gasteiger partial charge in [0.1, 0.15) is 23.8 Å². The van der Waals surface area contributed by atoms with Gasteiger partial charge in [-0.3, -0.25) is 4.79 Å². The van der Waals surface area contributed by atoms with Gasteiger partial charge in [-0.15, -0.1) is 0 Å². The number of halogens is 2. The second-order valence-electron chi connectivity index (χ2n) is 10.7.